The molecular formula is C22H26BrN5O3. The number of pyridine rings is 1. The van der Waals surface area contributed by atoms with E-state index < -0.39 is 0 Å². The van der Waals surface area contributed by atoms with Crippen LogP contribution in [0.25, 0.3) is 0 Å². The molecule has 0 atom stereocenters. The van der Waals surface area contributed by atoms with Crippen molar-refractivity contribution < 1.29 is 14.4 Å². The first-order valence-electron chi connectivity index (χ1n) is 10.1. The minimum atomic E-state index is -0.235. The number of nitrogens with one attached hydrogen (secondary N) is 2. The monoisotopic (exact) mass is 487 g/mol. The van der Waals surface area contributed by atoms with Crippen LogP contribution in [0.5, 0.6) is 0 Å². The Balaban J connectivity index is 1.39. The summed E-state index contributed by atoms with van der Waals surface area (Å²) < 4.78 is 0.828. The number of aromatic nitrogens is 1. The zero-order valence-corrected chi connectivity index (χ0v) is 19.0. The fourth-order valence-corrected chi connectivity index (χ4v) is 3.66. The number of piperidine rings is 1. The summed E-state index contributed by atoms with van der Waals surface area (Å²) in [6.07, 6.45) is 2.86. The molecule has 2 N–H and O–H groups in total. The van der Waals surface area contributed by atoms with E-state index in [1.165, 1.54) is 0 Å². The number of benzene rings is 1. The SMILES string of the molecule is CN(CC(=O)Nc1ccc(Br)cn1)CC(=O)N1CCC(C(=O)Nc2ccccc2)CC1. The van der Waals surface area contributed by atoms with Crippen molar-refractivity contribution in [3.8, 4) is 0 Å². The highest BCUT2D eigenvalue weighted by molar-refractivity contribution is 9.10. The van der Waals surface area contributed by atoms with Crippen LogP contribution in [0.15, 0.2) is 53.1 Å². The van der Waals surface area contributed by atoms with Gasteiger partial charge in [-0.2, -0.15) is 0 Å². The molecule has 2 heterocycles. The summed E-state index contributed by atoms with van der Waals surface area (Å²) in [4.78, 5) is 44.7. The zero-order valence-electron chi connectivity index (χ0n) is 17.4. The highest BCUT2D eigenvalue weighted by atomic mass is 79.9. The topological polar surface area (TPSA) is 94.6 Å². The van der Waals surface area contributed by atoms with Gasteiger partial charge < -0.3 is 15.5 Å². The van der Waals surface area contributed by atoms with E-state index in [1.54, 1.807) is 35.2 Å². The van der Waals surface area contributed by atoms with Gasteiger partial charge in [-0.25, -0.2) is 4.98 Å². The number of amides is 3. The molecule has 3 rings (SSSR count). The van der Waals surface area contributed by atoms with Crippen molar-refractivity contribution in [2.45, 2.75) is 12.8 Å². The maximum absolute atomic E-state index is 12.6. The molecule has 31 heavy (non-hydrogen) atoms. The summed E-state index contributed by atoms with van der Waals surface area (Å²) >= 11 is 3.30. The third kappa shape index (κ3) is 7.15. The van der Waals surface area contributed by atoms with E-state index in [2.05, 4.69) is 31.5 Å². The normalized spacial score (nSPS) is 14.4. The smallest absolute Gasteiger partial charge is 0.239 e. The lowest BCUT2D eigenvalue weighted by molar-refractivity contribution is -0.135. The molecule has 1 aliphatic heterocycles. The van der Waals surface area contributed by atoms with Gasteiger partial charge in [-0.05, 0) is 60.1 Å². The van der Waals surface area contributed by atoms with Crippen LogP contribution in [-0.4, -0.2) is 65.7 Å². The summed E-state index contributed by atoms with van der Waals surface area (Å²) in [5.74, 6) is 0.0731. The molecule has 9 heteroatoms. The van der Waals surface area contributed by atoms with Crippen molar-refractivity contribution in [1.82, 2.24) is 14.8 Å². The van der Waals surface area contributed by atoms with E-state index in [9.17, 15) is 14.4 Å². The quantitative estimate of drug-likeness (QED) is 0.625. The second kappa shape index (κ2) is 11.0. The lowest BCUT2D eigenvalue weighted by Gasteiger charge is -2.32. The van der Waals surface area contributed by atoms with Gasteiger partial charge in [0.05, 0.1) is 13.1 Å². The molecule has 0 saturated carbocycles. The summed E-state index contributed by atoms with van der Waals surface area (Å²) in [5.41, 5.74) is 0.782. The Hall–Kier alpha value is -2.78. The number of likely N-dealkylation sites (N-methyl/N-ethyl adjacent to an activating group) is 1. The second-order valence-corrected chi connectivity index (χ2v) is 8.51. The third-order valence-electron chi connectivity index (χ3n) is 5.07. The molecule has 1 aromatic carbocycles. The number of halogens is 1. The van der Waals surface area contributed by atoms with Crippen LogP contribution >= 0.6 is 15.9 Å². The Morgan fingerprint density at radius 2 is 1.77 bits per heavy atom. The maximum Gasteiger partial charge on any atom is 0.239 e. The lowest BCUT2D eigenvalue weighted by Crippen LogP contribution is -2.46. The number of hydrogen-bond acceptors (Lipinski definition) is 5. The fraction of sp³-hybridized carbons (Fsp3) is 0.364. The van der Waals surface area contributed by atoms with Gasteiger partial charge in [0.1, 0.15) is 5.82 Å². The lowest BCUT2D eigenvalue weighted by atomic mass is 9.95. The van der Waals surface area contributed by atoms with Crippen LogP contribution < -0.4 is 10.6 Å². The Bertz CT molecular complexity index is 899. The van der Waals surface area contributed by atoms with Gasteiger partial charge >= 0.3 is 0 Å². The Morgan fingerprint density at radius 3 is 2.42 bits per heavy atom. The number of likely N-dealkylation sites (tertiary alicyclic amines) is 1. The molecule has 2 aromatic rings. The summed E-state index contributed by atoms with van der Waals surface area (Å²) in [6, 6.07) is 12.9. The van der Waals surface area contributed by atoms with Gasteiger partial charge in [-0.1, -0.05) is 18.2 Å². The first-order valence-corrected chi connectivity index (χ1v) is 10.9. The fourth-order valence-electron chi connectivity index (χ4n) is 3.42. The summed E-state index contributed by atoms with van der Waals surface area (Å²) in [7, 11) is 1.73. The minimum Gasteiger partial charge on any atom is -0.342 e. The van der Waals surface area contributed by atoms with Crippen LogP contribution in [0.1, 0.15) is 12.8 Å². The van der Waals surface area contributed by atoms with E-state index in [0.717, 1.165) is 10.2 Å². The molecule has 3 amide bonds. The van der Waals surface area contributed by atoms with Crippen LogP contribution in [0.3, 0.4) is 0 Å². The molecule has 1 fully saturated rings. The second-order valence-electron chi connectivity index (χ2n) is 7.59. The van der Waals surface area contributed by atoms with E-state index in [1.807, 2.05) is 30.3 Å². The van der Waals surface area contributed by atoms with Crippen LogP contribution in [0, 0.1) is 5.92 Å². The molecule has 0 spiro atoms. The number of carbonyl (C=O) groups is 3. The van der Waals surface area contributed by atoms with Crippen molar-refractivity contribution in [3.05, 3.63) is 53.1 Å². The molecule has 164 valence electrons. The number of nitrogens with zero attached hydrogens (tertiary/aromatic N) is 3. The molecule has 1 aliphatic rings. The minimum absolute atomic E-state index is 0.00589. The van der Waals surface area contributed by atoms with Crippen molar-refractivity contribution in [2.24, 2.45) is 5.92 Å². The van der Waals surface area contributed by atoms with E-state index in [0.29, 0.717) is 31.7 Å². The zero-order chi connectivity index (χ0) is 22.2. The largest absolute Gasteiger partial charge is 0.342 e. The van der Waals surface area contributed by atoms with Crippen molar-refractivity contribution in [1.29, 1.82) is 0 Å². The van der Waals surface area contributed by atoms with Gasteiger partial charge in [0.25, 0.3) is 0 Å². The molecular weight excluding hydrogens is 462 g/mol. The molecule has 1 saturated heterocycles. The maximum atomic E-state index is 12.6. The molecule has 0 bridgehead atoms. The highest BCUT2D eigenvalue weighted by Gasteiger charge is 2.27. The number of hydrogen-bond donors (Lipinski definition) is 2. The van der Waals surface area contributed by atoms with E-state index >= 15 is 0 Å². The summed E-state index contributed by atoms with van der Waals surface area (Å²) in [5, 5.41) is 5.64. The average Bonchev–Trinajstić information content (AvgIpc) is 2.76. The van der Waals surface area contributed by atoms with Crippen molar-refractivity contribution >= 4 is 45.2 Å². The van der Waals surface area contributed by atoms with Gasteiger partial charge in [0.15, 0.2) is 0 Å². The Labute approximate surface area is 190 Å². The highest BCUT2D eigenvalue weighted by Crippen LogP contribution is 2.20. The van der Waals surface area contributed by atoms with Crippen molar-refractivity contribution in [2.75, 3.05) is 43.9 Å². The first-order chi connectivity index (χ1) is 14.9. The van der Waals surface area contributed by atoms with Crippen LogP contribution in [-0.2, 0) is 14.4 Å². The number of anilines is 2. The molecule has 0 aliphatic carbocycles. The van der Waals surface area contributed by atoms with Gasteiger partial charge in [-0.3, -0.25) is 19.3 Å². The number of rotatable bonds is 7. The van der Waals surface area contributed by atoms with Crippen LogP contribution in [0.4, 0.5) is 11.5 Å². The molecule has 8 nitrogen and oxygen atoms in total. The molecule has 1 aromatic heterocycles. The Morgan fingerprint density at radius 1 is 1.06 bits per heavy atom. The van der Waals surface area contributed by atoms with Gasteiger partial charge in [-0.15, -0.1) is 0 Å². The number of carbonyl (C=O) groups excluding carboxylic acids is 3. The third-order valence-corrected chi connectivity index (χ3v) is 5.54. The molecule has 0 unspecified atom stereocenters. The van der Waals surface area contributed by atoms with Gasteiger partial charge in [0, 0.05) is 35.4 Å². The predicted octanol–water partition coefficient (Wildman–Crippen LogP) is 2.59. The van der Waals surface area contributed by atoms with Crippen LogP contribution in [0.2, 0.25) is 0 Å². The summed E-state index contributed by atoms with van der Waals surface area (Å²) in [6.45, 7) is 1.30. The molecule has 0 radical (unpaired) electrons. The van der Waals surface area contributed by atoms with E-state index in [4.69, 9.17) is 0 Å². The van der Waals surface area contributed by atoms with Crippen molar-refractivity contribution in [3.63, 3.8) is 0 Å². The predicted molar refractivity (Wildman–Crippen MR) is 122 cm³/mol. The first kappa shape index (κ1) is 22.9. The number of para-hydroxylation sites is 1. The van der Waals surface area contributed by atoms with E-state index in [-0.39, 0.29) is 36.7 Å². The average molecular weight is 488 g/mol. The van der Waals surface area contributed by atoms with Gasteiger partial charge in [0.2, 0.25) is 17.7 Å². The standard InChI is InChI=1S/C22H26BrN5O3/c1-27(14-20(29)26-19-8-7-17(23)13-24-19)15-21(30)28-11-9-16(10-12-28)22(31)25-18-5-3-2-4-6-18/h2-8,13,16H,9-12,14-15H2,1H3,(H,25,31)(H,24,26,29). The Kier molecular flexibility index (Phi) is 8.13.